The molecule has 3 aromatic carbocycles. The maximum atomic E-state index is 13.0. The SMILES string of the molecule is CCOc1cc(C(=O)N/N=C/c2cn(-c3ccccc3)nc2-c2ccccc2)cc(OCC)c1OCC. The summed E-state index contributed by atoms with van der Waals surface area (Å²) in [5.74, 6) is 0.963. The highest BCUT2D eigenvalue weighted by molar-refractivity contribution is 5.97. The fraction of sp³-hybridized carbons (Fsp3) is 0.207. The van der Waals surface area contributed by atoms with Gasteiger partial charge in [0.1, 0.15) is 5.69 Å². The molecule has 0 saturated carbocycles. The smallest absolute Gasteiger partial charge is 0.271 e. The molecule has 0 bridgehead atoms. The highest BCUT2D eigenvalue weighted by Gasteiger charge is 2.18. The van der Waals surface area contributed by atoms with Crippen molar-refractivity contribution in [2.24, 2.45) is 5.10 Å². The summed E-state index contributed by atoms with van der Waals surface area (Å²) in [6.45, 7) is 6.89. The number of benzene rings is 3. The van der Waals surface area contributed by atoms with Crippen LogP contribution in [-0.2, 0) is 0 Å². The van der Waals surface area contributed by atoms with Crippen LogP contribution in [-0.4, -0.2) is 41.7 Å². The van der Waals surface area contributed by atoms with Gasteiger partial charge in [-0.05, 0) is 45.0 Å². The molecule has 1 heterocycles. The zero-order valence-electron chi connectivity index (χ0n) is 21.2. The van der Waals surface area contributed by atoms with Gasteiger partial charge < -0.3 is 14.2 Å². The number of amides is 1. The second kappa shape index (κ2) is 12.4. The number of hydrogen-bond acceptors (Lipinski definition) is 6. The van der Waals surface area contributed by atoms with E-state index in [1.807, 2.05) is 87.6 Å². The van der Waals surface area contributed by atoms with Crippen molar-refractivity contribution in [1.82, 2.24) is 15.2 Å². The number of hydrogen-bond donors (Lipinski definition) is 1. The quantitative estimate of drug-likeness (QED) is 0.218. The lowest BCUT2D eigenvalue weighted by molar-refractivity contribution is 0.0954. The van der Waals surface area contributed by atoms with Crippen LogP contribution in [0.3, 0.4) is 0 Å². The lowest BCUT2D eigenvalue weighted by atomic mass is 10.1. The molecule has 0 spiro atoms. The van der Waals surface area contributed by atoms with Crippen molar-refractivity contribution >= 4 is 12.1 Å². The second-order valence-electron chi connectivity index (χ2n) is 7.88. The molecule has 1 N–H and O–H groups in total. The van der Waals surface area contributed by atoms with Gasteiger partial charge in [0.15, 0.2) is 11.5 Å². The summed E-state index contributed by atoms with van der Waals surface area (Å²) >= 11 is 0. The Labute approximate surface area is 216 Å². The van der Waals surface area contributed by atoms with E-state index in [0.29, 0.717) is 42.6 Å². The molecule has 1 aromatic heterocycles. The highest BCUT2D eigenvalue weighted by atomic mass is 16.5. The van der Waals surface area contributed by atoms with E-state index in [1.54, 1.807) is 23.0 Å². The van der Waals surface area contributed by atoms with E-state index < -0.39 is 5.91 Å². The number of nitrogens with one attached hydrogen (secondary N) is 1. The Morgan fingerprint density at radius 2 is 1.49 bits per heavy atom. The molecule has 8 heteroatoms. The van der Waals surface area contributed by atoms with E-state index in [9.17, 15) is 4.79 Å². The van der Waals surface area contributed by atoms with Crippen LogP contribution in [0.15, 0.2) is 84.1 Å². The predicted octanol–water partition coefficient (Wildman–Crippen LogP) is 5.50. The van der Waals surface area contributed by atoms with Gasteiger partial charge >= 0.3 is 0 Å². The molecule has 0 aliphatic carbocycles. The normalized spacial score (nSPS) is 10.9. The van der Waals surface area contributed by atoms with Gasteiger partial charge in [0.2, 0.25) is 5.75 Å². The third kappa shape index (κ3) is 6.16. The Kier molecular flexibility index (Phi) is 8.54. The van der Waals surface area contributed by atoms with Crippen LogP contribution in [0.5, 0.6) is 17.2 Å². The van der Waals surface area contributed by atoms with Crippen LogP contribution in [0.4, 0.5) is 0 Å². The van der Waals surface area contributed by atoms with E-state index in [-0.39, 0.29) is 0 Å². The van der Waals surface area contributed by atoms with Crippen molar-refractivity contribution < 1.29 is 19.0 Å². The topological polar surface area (TPSA) is 87.0 Å². The van der Waals surface area contributed by atoms with E-state index in [1.165, 1.54) is 0 Å². The number of nitrogens with zero attached hydrogens (tertiary/aromatic N) is 3. The first-order chi connectivity index (χ1) is 18.1. The van der Waals surface area contributed by atoms with Crippen LogP contribution < -0.4 is 19.6 Å². The van der Waals surface area contributed by atoms with Crippen LogP contribution in [0.1, 0.15) is 36.7 Å². The summed E-state index contributed by atoms with van der Waals surface area (Å²) < 4.78 is 18.9. The van der Waals surface area contributed by atoms with Gasteiger partial charge in [0.25, 0.3) is 5.91 Å². The van der Waals surface area contributed by atoms with Gasteiger partial charge in [-0.1, -0.05) is 48.5 Å². The Bertz CT molecular complexity index is 1320. The number of rotatable bonds is 11. The van der Waals surface area contributed by atoms with Gasteiger partial charge in [-0.25, -0.2) is 10.1 Å². The Hall–Kier alpha value is -4.59. The van der Waals surface area contributed by atoms with Gasteiger partial charge in [-0.15, -0.1) is 0 Å². The molecule has 4 rings (SSSR count). The zero-order valence-corrected chi connectivity index (χ0v) is 21.2. The molecule has 0 radical (unpaired) electrons. The molecule has 0 atom stereocenters. The minimum atomic E-state index is -0.405. The van der Waals surface area contributed by atoms with Crippen molar-refractivity contribution in [3.8, 4) is 34.2 Å². The van der Waals surface area contributed by atoms with Crippen molar-refractivity contribution in [3.05, 3.63) is 90.1 Å². The summed E-state index contributed by atoms with van der Waals surface area (Å²) in [5.41, 5.74) is 6.32. The predicted molar refractivity (Wildman–Crippen MR) is 144 cm³/mol. The molecule has 190 valence electrons. The third-order valence-electron chi connectivity index (χ3n) is 5.35. The molecule has 37 heavy (non-hydrogen) atoms. The Morgan fingerprint density at radius 1 is 0.892 bits per heavy atom. The molecule has 0 aliphatic heterocycles. The van der Waals surface area contributed by atoms with Gasteiger partial charge in [0.05, 0.1) is 31.7 Å². The summed E-state index contributed by atoms with van der Waals surface area (Å²) in [6.07, 6.45) is 3.47. The number of carbonyl (C=O) groups excluding carboxylic acids is 1. The number of para-hydroxylation sites is 1. The highest BCUT2D eigenvalue weighted by Crippen LogP contribution is 2.39. The van der Waals surface area contributed by atoms with E-state index in [2.05, 4.69) is 10.5 Å². The van der Waals surface area contributed by atoms with E-state index in [0.717, 1.165) is 22.5 Å². The van der Waals surface area contributed by atoms with Crippen molar-refractivity contribution in [2.75, 3.05) is 19.8 Å². The largest absolute Gasteiger partial charge is 0.490 e. The maximum Gasteiger partial charge on any atom is 0.271 e. The Morgan fingerprint density at radius 3 is 2.08 bits per heavy atom. The standard InChI is InChI=1S/C29H30N4O4/c1-4-35-25-17-22(18-26(36-5-2)28(25)37-6-3)29(34)31-30-19-23-20-33(24-15-11-8-12-16-24)32-27(23)21-13-9-7-10-14-21/h7-20H,4-6H2,1-3H3,(H,31,34)/b30-19+. The lowest BCUT2D eigenvalue weighted by Gasteiger charge is -2.16. The lowest BCUT2D eigenvalue weighted by Crippen LogP contribution is -2.18. The zero-order chi connectivity index (χ0) is 26.0. The van der Waals surface area contributed by atoms with Crippen LogP contribution in [0.25, 0.3) is 16.9 Å². The van der Waals surface area contributed by atoms with Crippen molar-refractivity contribution in [3.63, 3.8) is 0 Å². The molecule has 4 aromatic rings. The summed E-state index contributed by atoms with van der Waals surface area (Å²) in [4.78, 5) is 13.0. The van der Waals surface area contributed by atoms with E-state index >= 15 is 0 Å². The average molecular weight is 499 g/mol. The minimum absolute atomic E-state index is 0.343. The molecule has 0 unspecified atom stereocenters. The fourth-order valence-corrected chi connectivity index (χ4v) is 3.76. The number of carbonyl (C=O) groups is 1. The van der Waals surface area contributed by atoms with Crippen molar-refractivity contribution in [2.45, 2.75) is 20.8 Å². The molecule has 1 amide bonds. The average Bonchev–Trinajstić information content (AvgIpc) is 3.36. The first-order valence-electron chi connectivity index (χ1n) is 12.2. The number of ether oxygens (including phenoxy) is 3. The van der Waals surface area contributed by atoms with E-state index in [4.69, 9.17) is 19.3 Å². The van der Waals surface area contributed by atoms with Crippen LogP contribution in [0, 0.1) is 0 Å². The van der Waals surface area contributed by atoms with Crippen LogP contribution >= 0.6 is 0 Å². The van der Waals surface area contributed by atoms with Gasteiger partial charge in [-0.2, -0.15) is 10.2 Å². The summed E-state index contributed by atoms with van der Waals surface area (Å²) in [7, 11) is 0. The maximum absolute atomic E-state index is 13.0. The minimum Gasteiger partial charge on any atom is -0.490 e. The Balaban J connectivity index is 1.61. The first-order valence-corrected chi connectivity index (χ1v) is 12.2. The molecule has 0 aliphatic rings. The fourth-order valence-electron chi connectivity index (χ4n) is 3.76. The number of hydrazone groups is 1. The molecule has 0 fully saturated rings. The second-order valence-corrected chi connectivity index (χ2v) is 7.88. The molecular weight excluding hydrogens is 468 g/mol. The van der Waals surface area contributed by atoms with Gasteiger partial charge in [0, 0.05) is 22.9 Å². The third-order valence-corrected chi connectivity index (χ3v) is 5.35. The summed E-state index contributed by atoms with van der Waals surface area (Å²) in [5, 5.41) is 8.99. The molecule has 8 nitrogen and oxygen atoms in total. The van der Waals surface area contributed by atoms with Crippen LogP contribution in [0.2, 0.25) is 0 Å². The number of aromatic nitrogens is 2. The van der Waals surface area contributed by atoms with Crippen molar-refractivity contribution in [1.29, 1.82) is 0 Å². The molecule has 0 saturated heterocycles. The summed E-state index contributed by atoms with van der Waals surface area (Å²) in [6, 6.07) is 22.9. The molecular formula is C29H30N4O4. The first kappa shape index (κ1) is 25.5. The monoisotopic (exact) mass is 498 g/mol. The van der Waals surface area contributed by atoms with Gasteiger partial charge in [-0.3, -0.25) is 4.79 Å².